The molecule has 1 unspecified atom stereocenters. The van der Waals surface area contributed by atoms with E-state index in [2.05, 4.69) is 5.43 Å². The van der Waals surface area contributed by atoms with Gasteiger partial charge in [0.15, 0.2) is 0 Å². The first-order chi connectivity index (χ1) is 8.22. The summed E-state index contributed by atoms with van der Waals surface area (Å²) in [5, 5.41) is 2.10. The van der Waals surface area contributed by atoms with Crippen molar-refractivity contribution in [1.82, 2.24) is 5.43 Å². The van der Waals surface area contributed by atoms with Crippen LogP contribution in [0.3, 0.4) is 0 Å². The van der Waals surface area contributed by atoms with Crippen molar-refractivity contribution in [2.75, 3.05) is 0 Å². The van der Waals surface area contributed by atoms with Gasteiger partial charge in [0.2, 0.25) is 0 Å². The third-order valence-corrected chi connectivity index (χ3v) is 3.73. The molecule has 0 fully saturated rings. The van der Waals surface area contributed by atoms with Crippen LogP contribution < -0.4 is 11.3 Å². The zero-order chi connectivity index (χ0) is 12.3. The number of nitrogens with one attached hydrogen (secondary N) is 1. The lowest BCUT2D eigenvalue weighted by Crippen LogP contribution is -2.30. The lowest BCUT2D eigenvalue weighted by Gasteiger charge is -2.16. The van der Waals surface area contributed by atoms with Crippen LogP contribution in [0.5, 0.6) is 0 Å². The van der Waals surface area contributed by atoms with Crippen LogP contribution in [0.4, 0.5) is 4.39 Å². The second-order valence-corrected chi connectivity index (χ2v) is 5.09. The summed E-state index contributed by atoms with van der Waals surface area (Å²) in [4.78, 5) is 1.15. The van der Waals surface area contributed by atoms with E-state index in [0.29, 0.717) is 12.0 Å². The Balaban J connectivity index is 2.26. The summed E-state index contributed by atoms with van der Waals surface area (Å²) in [6.07, 6.45) is 0.644. The maximum absolute atomic E-state index is 13.8. The Morgan fingerprint density at radius 1 is 1.35 bits per heavy atom. The number of hydrogen-bond donors (Lipinski definition) is 2. The molecule has 90 valence electrons. The predicted molar refractivity (Wildman–Crippen MR) is 69.5 cm³/mol. The van der Waals surface area contributed by atoms with E-state index < -0.39 is 5.82 Å². The van der Waals surface area contributed by atoms with E-state index >= 15 is 0 Å². The van der Waals surface area contributed by atoms with Crippen molar-refractivity contribution >= 4 is 22.9 Å². The predicted octanol–water partition coefficient (Wildman–Crippen LogP) is 3.29. The van der Waals surface area contributed by atoms with Crippen LogP contribution in [0.1, 0.15) is 16.5 Å². The van der Waals surface area contributed by atoms with Crippen LogP contribution in [0.25, 0.3) is 0 Å². The summed E-state index contributed by atoms with van der Waals surface area (Å²) in [5.74, 6) is 5.08. The monoisotopic (exact) mass is 270 g/mol. The zero-order valence-electron chi connectivity index (χ0n) is 8.99. The van der Waals surface area contributed by atoms with Crippen LogP contribution in [0.2, 0.25) is 5.02 Å². The first-order valence-electron chi connectivity index (χ1n) is 5.14. The fourth-order valence-corrected chi connectivity index (χ4v) is 2.61. The summed E-state index contributed by atoms with van der Waals surface area (Å²) in [6, 6.07) is 8.63. The molecule has 0 aliphatic carbocycles. The molecule has 5 heteroatoms. The highest BCUT2D eigenvalue weighted by Crippen LogP contribution is 2.26. The van der Waals surface area contributed by atoms with Crippen molar-refractivity contribution in [2.24, 2.45) is 5.84 Å². The van der Waals surface area contributed by atoms with Gasteiger partial charge in [-0.05, 0) is 17.5 Å². The quantitative estimate of drug-likeness (QED) is 0.661. The first-order valence-corrected chi connectivity index (χ1v) is 6.40. The Morgan fingerprint density at radius 3 is 2.82 bits per heavy atom. The van der Waals surface area contributed by atoms with Gasteiger partial charge in [-0.25, -0.2) is 4.39 Å². The fraction of sp³-hybridized carbons (Fsp3) is 0.167. The Kier molecular flexibility index (Phi) is 4.12. The van der Waals surface area contributed by atoms with Crippen molar-refractivity contribution in [1.29, 1.82) is 0 Å². The largest absolute Gasteiger partial charge is 0.271 e. The summed E-state index contributed by atoms with van der Waals surface area (Å²) in [5.41, 5.74) is 3.13. The summed E-state index contributed by atoms with van der Waals surface area (Å²) < 4.78 is 13.8. The molecule has 3 N–H and O–H groups in total. The third kappa shape index (κ3) is 2.84. The van der Waals surface area contributed by atoms with Gasteiger partial charge in [-0.3, -0.25) is 11.3 Å². The molecule has 0 aliphatic heterocycles. The average Bonchev–Trinajstić information content (AvgIpc) is 2.83. The van der Waals surface area contributed by atoms with Gasteiger partial charge in [0.1, 0.15) is 5.82 Å². The van der Waals surface area contributed by atoms with E-state index in [-0.39, 0.29) is 11.1 Å². The van der Waals surface area contributed by atoms with Crippen LogP contribution in [0, 0.1) is 5.82 Å². The van der Waals surface area contributed by atoms with Gasteiger partial charge in [-0.1, -0.05) is 29.8 Å². The fourth-order valence-electron chi connectivity index (χ4n) is 1.68. The topological polar surface area (TPSA) is 38.0 Å². The average molecular weight is 271 g/mol. The Morgan fingerprint density at radius 2 is 2.18 bits per heavy atom. The molecule has 2 aromatic rings. The van der Waals surface area contributed by atoms with Crippen molar-refractivity contribution < 1.29 is 4.39 Å². The van der Waals surface area contributed by atoms with Gasteiger partial charge in [0.05, 0.1) is 11.1 Å². The van der Waals surface area contributed by atoms with Crippen molar-refractivity contribution in [3.05, 3.63) is 57.0 Å². The summed E-state index contributed by atoms with van der Waals surface area (Å²) >= 11 is 7.38. The summed E-state index contributed by atoms with van der Waals surface area (Å²) in [7, 11) is 0. The second kappa shape index (κ2) is 5.60. The molecule has 1 atom stereocenters. The Bertz CT molecular complexity index is 487. The lowest BCUT2D eigenvalue weighted by atomic mass is 10.0. The number of nitrogens with two attached hydrogens (primary N) is 1. The molecule has 2 rings (SSSR count). The van der Waals surface area contributed by atoms with Gasteiger partial charge in [0, 0.05) is 16.9 Å². The molecule has 0 saturated heterocycles. The van der Waals surface area contributed by atoms with E-state index in [4.69, 9.17) is 17.4 Å². The van der Waals surface area contributed by atoms with Crippen LogP contribution in [-0.4, -0.2) is 0 Å². The smallest absolute Gasteiger partial charge is 0.146 e. The van der Waals surface area contributed by atoms with E-state index in [1.807, 2.05) is 17.5 Å². The molecule has 0 amide bonds. The van der Waals surface area contributed by atoms with E-state index in [1.54, 1.807) is 23.5 Å². The molecule has 2 nitrogen and oxygen atoms in total. The van der Waals surface area contributed by atoms with Crippen molar-refractivity contribution in [3.63, 3.8) is 0 Å². The first kappa shape index (κ1) is 12.5. The molecular weight excluding hydrogens is 259 g/mol. The minimum absolute atomic E-state index is 0.119. The molecule has 0 bridgehead atoms. The lowest BCUT2D eigenvalue weighted by molar-refractivity contribution is 0.513. The molecule has 0 aliphatic rings. The number of halogens is 2. The molecule has 1 aromatic heterocycles. The van der Waals surface area contributed by atoms with Gasteiger partial charge < -0.3 is 0 Å². The van der Waals surface area contributed by atoms with Gasteiger partial charge in [0.25, 0.3) is 0 Å². The van der Waals surface area contributed by atoms with Crippen LogP contribution >= 0.6 is 22.9 Å². The second-order valence-electron chi connectivity index (χ2n) is 3.65. The molecule has 1 heterocycles. The minimum Gasteiger partial charge on any atom is -0.271 e. The Hall–Kier alpha value is -0.940. The van der Waals surface area contributed by atoms with Gasteiger partial charge in [-0.2, -0.15) is 0 Å². The van der Waals surface area contributed by atoms with E-state index in [9.17, 15) is 4.39 Å². The highest BCUT2D eigenvalue weighted by atomic mass is 35.5. The van der Waals surface area contributed by atoms with Gasteiger partial charge >= 0.3 is 0 Å². The SMILES string of the molecule is NNC(Cc1cccs1)c1cccc(Cl)c1F. The molecule has 1 aromatic carbocycles. The number of hydrogen-bond acceptors (Lipinski definition) is 3. The number of thiophene rings is 1. The maximum atomic E-state index is 13.8. The number of hydrazine groups is 1. The number of rotatable bonds is 4. The standard InChI is InChI=1S/C12H12ClFN2S/c13-10-5-1-4-9(12(10)14)11(16-15)7-8-3-2-6-17-8/h1-6,11,16H,7,15H2. The highest BCUT2D eigenvalue weighted by Gasteiger charge is 2.17. The minimum atomic E-state index is -0.409. The molecule has 0 spiro atoms. The summed E-state index contributed by atoms with van der Waals surface area (Å²) in [6.45, 7) is 0. The number of benzene rings is 1. The Labute approximate surface area is 108 Å². The van der Waals surface area contributed by atoms with E-state index in [0.717, 1.165) is 4.88 Å². The van der Waals surface area contributed by atoms with Crippen molar-refractivity contribution in [3.8, 4) is 0 Å². The molecule has 0 saturated carbocycles. The third-order valence-electron chi connectivity index (χ3n) is 2.54. The zero-order valence-corrected chi connectivity index (χ0v) is 10.6. The van der Waals surface area contributed by atoms with Crippen LogP contribution in [-0.2, 0) is 6.42 Å². The molecular formula is C12H12ClFN2S. The van der Waals surface area contributed by atoms with Crippen molar-refractivity contribution in [2.45, 2.75) is 12.5 Å². The normalized spacial score (nSPS) is 12.6. The molecule has 17 heavy (non-hydrogen) atoms. The van der Waals surface area contributed by atoms with E-state index in [1.165, 1.54) is 6.07 Å². The maximum Gasteiger partial charge on any atom is 0.146 e. The highest BCUT2D eigenvalue weighted by molar-refractivity contribution is 7.09. The van der Waals surface area contributed by atoms with Crippen LogP contribution in [0.15, 0.2) is 35.7 Å². The molecule has 0 radical (unpaired) electrons. The van der Waals surface area contributed by atoms with Gasteiger partial charge in [-0.15, -0.1) is 11.3 Å².